The Kier molecular flexibility index (Phi) is 3.18. The van der Waals surface area contributed by atoms with Crippen molar-refractivity contribution in [3.63, 3.8) is 0 Å². The lowest BCUT2D eigenvalue weighted by atomic mass is 10.0. The van der Waals surface area contributed by atoms with Crippen LogP contribution in [0.4, 0.5) is 0 Å². The van der Waals surface area contributed by atoms with Crippen molar-refractivity contribution in [1.82, 2.24) is 0 Å². The van der Waals surface area contributed by atoms with E-state index >= 15 is 0 Å². The van der Waals surface area contributed by atoms with Gasteiger partial charge in [0.1, 0.15) is 0 Å². The van der Waals surface area contributed by atoms with Crippen molar-refractivity contribution in [3.05, 3.63) is 70.6 Å². The molecule has 1 aromatic heterocycles. The lowest BCUT2D eigenvalue weighted by Crippen LogP contribution is -2.02. The van der Waals surface area contributed by atoms with Crippen molar-refractivity contribution in [1.29, 1.82) is 0 Å². The van der Waals surface area contributed by atoms with Gasteiger partial charge in [0.25, 0.3) is 0 Å². The molecule has 3 aromatic rings. The average Bonchev–Trinajstić information content (AvgIpc) is 2.85. The minimum Gasteiger partial charge on any atom is -0.294 e. The molecule has 1 heterocycles. The first kappa shape index (κ1) is 12.1. The number of carbonyl (C=O) groups is 1. The molecule has 0 amide bonds. The Morgan fingerprint density at radius 3 is 2.58 bits per heavy atom. The van der Waals surface area contributed by atoms with Crippen molar-refractivity contribution < 1.29 is 4.79 Å². The summed E-state index contributed by atoms with van der Waals surface area (Å²) in [6.07, 6.45) is 0.473. The molecule has 0 N–H and O–H groups in total. The van der Waals surface area contributed by atoms with Crippen LogP contribution in [0.15, 0.2) is 53.9 Å². The zero-order valence-corrected chi connectivity index (χ0v) is 11.5. The van der Waals surface area contributed by atoms with Crippen molar-refractivity contribution in [3.8, 4) is 0 Å². The Morgan fingerprint density at radius 1 is 1.05 bits per heavy atom. The lowest BCUT2D eigenvalue weighted by Gasteiger charge is -2.01. The van der Waals surface area contributed by atoms with Crippen LogP contribution in [0.5, 0.6) is 0 Å². The minimum absolute atomic E-state index is 0.196. The highest BCUT2D eigenvalue weighted by molar-refractivity contribution is 7.17. The summed E-state index contributed by atoms with van der Waals surface area (Å²) < 4.78 is 1.18. The van der Waals surface area contributed by atoms with E-state index in [1.807, 2.05) is 47.8 Å². The van der Waals surface area contributed by atoms with Gasteiger partial charge in [0, 0.05) is 27.5 Å². The number of aryl methyl sites for hydroxylation is 1. The van der Waals surface area contributed by atoms with Crippen molar-refractivity contribution in [2.45, 2.75) is 13.3 Å². The van der Waals surface area contributed by atoms with E-state index in [9.17, 15) is 4.79 Å². The second-order valence-corrected chi connectivity index (χ2v) is 5.64. The maximum absolute atomic E-state index is 12.4. The van der Waals surface area contributed by atoms with Gasteiger partial charge in [0.15, 0.2) is 5.78 Å². The Bertz CT molecular complexity index is 722. The number of benzene rings is 2. The smallest absolute Gasteiger partial charge is 0.168 e. The van der Waals surface area contributed by atoms with Crippen LogP contribution >= 0.6 is 11.3 Å². The van der Waals surface area contributed by atoms with E-state index in [2.05, 4.69) is 13.0 Å². The third-order valence-corrected chi connectivity index (χ3v) is 4.23. The fourth-order valence-electron chi connectivity index (χ4n) is 2.18. The number of rotatable bonds is 3. The summed E-state index contributed by atoms with van der Waals surface area (Å²) in [7, 11) is 0. The van der Waals surface area contributed by atoms with Crippen LogP contribution in [-0.4, -0.2) is 5.78 Å². The number of ketones is 1. The number of hydrogen-bond donors (Lipinski definition) is 0. The molecule has 0 aliphatic rings. The second-order valence-electron chi connectivity index (χ2n) is 4.73. The molecule has 0 unspecified atom stereocenters. The molecular weight excluding hydrogens is 252 g/mol. The standard InChI is InChI=1S/C17H14OS/c1-12-6-8-13(9-7-12)10-16(18)15-11-19-17-5-3-2-4-14(15)17/h2-9,11H,10H2,1H3. The zero-order chi connectivity index (χ0) is 13.2. The molecular formula is C17H14OS. The molecule has 0 saturated carbocycles. The zero-order valence-electron chi connectivity index (χ0n) is 10.7. The van der Waals surface area contributed by atoms with Gasteiger partial charge in [-0.05, 0) is 18.6 Å². The lowest BCUT2D eigenvalue weighted by molar-refractivity contribution is 0.0995. The van der Waals surface area contributed by atoms with Gasteiger partial charge in [0.2, 0.25) is 0 Å². The number of fused-ring (bicyclic) bond motifs is 1. The largest absolute Gasteiger partial charge is 0.294 e. The highest BCUT2D eigenvalue weighted by Crippen LogP contribution is 2.26. The van der Waals surface area contributed by atoms with Gasteiger partial charge < -0.3 is 0 Å². The third-order valence-electron chi connectivity index (χ3n) is 3.27. The third kappa shape index (κ3) is 2.45. The van der Waals surface area contributed by atoms with Gasteiger partial charge >= 0.3 is 0 Å². The van der Waals surface area contributed by atoms with Crippen LogP contribution in [-0.2, 0) is 6.42 Å². The Morgan fingerprint density at radius 2 is 1.79 bits per heavy atom. The fourth-order valence-corrected chi connectivity index (χ4v) is 3.15. The predicted octanol–water partition coefficient (Wildman–Crippen LogP) is 4.64. The average molecular weight is 266 g/mol. The topological polar surface area (TPSA) is 17.1 Å². The first-order valence-corrected chi connectivity index (χ1v) is 7.17. The van der Waals surface area contributed by atoms with Gasteiger partial charge in [0.05, 0.1) is 0 Å². The minimum atomic E-state index is 0.196. The van der Waals surface area contributed by atoms with Crippen LogP contribution in [0.3, 0.4) is 0 Å². The number of hydrogen-bond acceptors (Lipinski definition) is 2. The van der Waals surface area contributed by atoms with E-state index < -0.39 is 0 Å². The highest BCUT2D eigenvalue weighted by atomic mass is 32.1. The summed E-state index contributed by atoms with van der Waals surface area (Å²) in [4.78, 5) is 12.4. The molecule has 2 heteroatoms. The molecule has 0 aliphatic carbocycles. The van der Waals surface area contributed by atoms with Crippen LogP contribution in [0.2, 0.25) is 0 Å². The van der Waals surface area contributed by atoms with Crippen molar-refractivity contribution in [2.24, 2.45) is 0 Å². The van der Waals surface area contributed by atoms with E-state index in [0.717, 1.165) is 16.5 Å². The maximum atomic E-state index is 12.4. The van der Waals surface area contributed by atoms with Crippen molar-refractivity contribution >= 4 is 27.2 Å². The van der Waals surface area contributed by atoms with Gasteiger partial charge in [-0.25, -0.2) is 0 Å². The van der Waals surface area contributed by atoms with E-state index in [1.54, 1.807) is 11.3 Å². The SMILES string of the molecule is Cc1ccc(CC(=O)c2csc3ccccc23)cc1. The molecule has 0 radical (unpaired) electrons. The molecule has 2 aromatic carbocycles. The first-order valence-electron chi connectivity index (χ1n) is 6.29. The quantitative estimate of drug-likeness (QED) is 0.631. The van der Waals surface area contributed by atoms with E-state index in [1.165, 1.54) is 10.3 Å². The molecule has 94 valence electrons. The Hall–Kier alpha value is -1.93. The molecule has 0 saturated heterocycles. The van der Waals surface area contributed by atoms with E-state index in [0.29, 0.717) is 6.42 Å². The first-order chi connectivity index (χ1) is 9.24. The Balaban J connectivity index is 1.90. The van der Waals surface area contributed by atoms with Gasteiger partial charge in [-0.2, -0.15) is 0 Å². The molecule has 19 heavy (non-hydrogen) atoms. The van der Waals surface area contributed by atoms with Gasteiger partial charge in [-0.1, -0.05) is 48.0 Å². The van der Waals surface area contributed by atoms with Crippen LogP contribution < -0.4 is 0 Å². The summed E-state index contributed by atoms with van der Waals surface area (Å²) in [6.45, 7) is 2.05. The summed E-state index contributed by atoms with van der Waals surface area (Å²) in [5.74, 6) is 0.196. The number of carbonyl (C=O) groups excluding carboxylic acids is 1. The van der Waals surface area contributed by atoms with Gasteiger partial charge in [-0.3, -0.25) is 4.79 Å². The number of Topliss-reactive ketones (excluding diaryl/α,β-unsaturated/α-hetero) is 1. The second kappa shape index (κ2) is 4.98. The predicted molar refractivity (Wildman–Crippen MR) is 81.0 cm³/mol. The van der Waals surface area contributed by atoms with E-state index in [-0.39, 0.29) is 5.78 Å². The van der Waals surface area contributed by atoms with Crippen LogP contribution in [0, 0.1) is 6.92 Å². The maximum Gasteiger partial charge on any atom is 0.168 e. The highest BCUT2D eigenvalue weighted by Gasteiger charge is 2.12. The normalized spacial score (nSPS) is 10.8. The molecule has 0 fully saturated rings. The van der Waals surface area contributed by atoms with Gasteiger partial charge in [-0.15, -0.1) is 11.3 Å². The molecule has 0 spiro atoms. The molecule has 0 aliphatic heterocycles. The summed E-state index contributed by atoms with van der Waals surface area (Å²) >= 11 is 1.63. The molecule has 3 rings (SSSR count). The van der Waals surface area contributed by atoms with Crippen LogP contribution in [0.1, 0.15) is 21.5 Å². The monoisotopic (exact) mass is 266 g/mol. The van der Waals surface area contributed by atoms with Crippen LogP contribution in [0.25, 0.3) is 10.1 Å². The molecule has 0 atom stereocenters. The molecule has 0 bridgehead atoms. The summed E-state index contributed by atoms with van der Waals surface area (Å²) in [5, 5.41) is 3.05. The fraction of sp³-hybridized carbons (Fsp3) is 0.118. The summed E-state index contributed by atoms with van der Waals surface area (Å²) in [6, 6.07) is 16.2. The molecule has 1 nitrogen and oxygen atoms in total. The van der Waals surface area contributed by atoms with E-state index in [4.69, 9.17) is 0 Å². The number of thiophene rings is 1. The Labute approximate surface area is 116 Å². The summed E-state index contributed by atoms with van der Waals surface area (Å²) in [5.41, 5.74) is 3.14. The van der Waals surface area contributed by atoms with Crippen molar-refractivity contribution in [2.75, 3.05) is 0 Å².